The molecule has 0 radical (unpaired) electrons. The minimum atomic E-state index is -0.287. The lowest BCUT2D eigenvalue weighted by Crippen LogP contribution is -2.22. The second-order valence-electron chi connectivity index (χ2n) is 6.19. The van der Waals surface area contributed by atoms with E-state index in [1.165, 1.54) is 10.9 Å². The molecule has 0 spiro atoms. The fourth-order valence-corrected chi connectivity index (χ4v) is 4.42. The Hall–Kier alpha value is -2.28. The summed E-state index contributed by atoms with van der Waals surface area (Å²) in [6.07, 6.45) is 2.29. The van der Waals surface area contributed by atoms with Gasteiger partial charge < -0.3 is 9.94 Å². The van der Waals surface area contributed by atoms with Crippen molar-refractivity contribution in [2.45, 2.75) is 45.6 Å². The number of fused-ring (bicyclic) bond motifs is 1. The van der Waals surface area contributed by atoms with E-state index < -0.39 is 0 Å². The van der Waals surface area contributed by atoms with Crippen LogP contribution in [0.3, 0.4) is 0 Å². The van der Waals surface area contributed by atoms with Gasteiger partial charge >= 0.3 is 0 Å². The minimum absolute atomic E-state index is 0.168. The van der Waals surface area contributed by atoms with Crippen LogP contribution in [-0.4, -0.2) is 33.6 Å². The van der Waals surface area contributed by atoms with Crippen molar-refractivity contribution in [3.05, 3.63) is 50.4 Å². The van der Waals surface area contributed by atoms with Gasteiger partial charge in [0.05, 0.1) is 5.71 Å². The van der Waals surface area contributed by atoms with Crippen molar-refractivity contribution in [1.82, 2.24) is 9.78 Å². The molecule has 0 fully saturated rings. The third-order valence-electron chi connectivity index (χ3n) is 4.55. The van der Waals surface area contributed by atoms with Gasteiger partial charge in [-0.3, -0.25) is 14.3 Å². The minimum Gasteiger partial charge on any atom is -0.396 e. The van der Waals surface area contributed by atoms with Gasteiger partial charge in [0, 0.05) is 40.9 Å². The highest BCUT2D eigenvalue weighted by atomic mass is 32.2. The molecule has 0 amide bonds. The average Bonchev–Trinajstić information content (AvgIpc) is 3.02. The average molecular weight is 373 g/mol. The number of aryl methyl sites for hydroxylation is 2. The molecular weight excluding hydrogens is 350 g/mol. The summed E-state index contributed by atoms with van der Waals surface area (Å²) in [5.74, 6) is 0.680. The number of carbonyl (C=O) groups excluding carboxylic acids is 1. The number of hydrogen-bond donors (Lipinski definition) is 1. The predicted molar refractivity (Wildman–Crippen MR) is 104 cm³/mol. The molecule has 2 aromatic rings. The molecule has 26 heavy (non-hydrogen) atoms. The van der Waals surface area contributed by atoms with Gasteiger partial charge in [0.1, 0.15) is 12.2 Å². The van der Waals surface area contributed by atoms with Crippen molar-refractivity contribution in [1.29, 1.82) is 0 Å². The molecule has 1 N–H and O–H groups in total. The number of aromatic nitrogens is 2. The van der Waals surface area contributed by atoms with Crippen molar-refractivity contribution in [2.75, 3.05) is 12.4 Å². The molecule has 1 aromatic carbocycles. The molecule has 7 heteroatoms. The normalized spacial score (nSPS) is 15.2. The lowest BCUT2D eigenvalue weighted by atomic mass is 9.91. The van der Waals surface area contributed by atoms with Crippen LogP contribution in [0.4, 0.5) is 0 Å². The number of carbonyl (C=O) groups is 1. The Morgan fingerprint density at radius 3 is 2.77 bits per heavy atom. The molecule has 1 aromatic heterocycles. The number of ketones is 1. The van der Waals surface area contributed by atoms with Crippen molar-refractivity contribution in [2.24, 2.45) is 5.16 Å². The van der Waals surface area contributed by atoms with E-state index in [0.717, 1.165) is 39.5 Å². The van der Waals surface area contributed by atoms with Crippen LogP contribution in [0.15, 0.2) is 27.1 Å². The number of nitrogens with zero attached hydrogens (tertiary/aromatic N) is 2. The van der Waals surface area contributed by atoms with Crippen molar-refractivity contribution in [3.63, 3.8) is 0 Å². The number of hydrogen-bond acceptors (Lipinski definition) is 5. The van der Waals surface area contributed by atoms with E-state index in [0.29, 0.717) is 18.7 Å². The number of benzene rings is 1. The number of nitrogens with one attached hydrogen (secondary N) is 1. The smallest absolute Gasteiger partial charge is 0.277 e. The van der Waals surface area contributed by atoms with Crippen molar-refractivity contribution < 1.29 is 9.63 Å². The maximum absolute atomic E-state index is 13.1. The number of oxime groups is 1. The van der Waals surface area contributed by atoms with E-state index in [2.05, 4.69) is 10.3 Å². The number of rotatable bonds is 5. The van der Waals surface area contributed by atoms with E-state index in [-0.39, 0.29) is 16.9 Å². The maximum Gasteiger partial charge on any atom is 0.277 e. The molecule has 0 saturated carbocycles. The SMILES string of the molecule is CCON=C1CCSc2c(C)cc(C(=O)c3c[nH]n(CC)c3=O)c(C)c21. The molecule has 3 rings (SSSR count). The monoisotopic (exact) mass is 373 g/mol. The Morgan fingerprint density at radius 1 is 1.35 bits per heavy atom. The highest BCUT2D eigenvalue weighted by Crippen LogP contribution is 2.37. The van der Waals surface area contributed by atoms with Crippen LogP contribution in [0.1, 0.15) is 52.9 Å². The molecule has 2 heterocycles. The highest BCUT2D eigenvalue weighted by Gasteiger charge is 2.26. The van der Waals surface area contributed by atoms with Gasteiger partial charge in [-0.15, -0.1) is 11.8 Å². The first-order valence-electron chi connectivity index (χ1n) is 8.78. The lowest BCUT2D eigenvalue weighted by molar-refractivity contribution is 0.103. The zero-order valence-electron chi connectivity index (χ0n) is 15.5. The zero-order chi connectivity index (χ0) is 18.8. The molecule has 138 valence electrons. The Morgan fingerprint density at radius 2 is 2.12 bits per heavy atom. The standard InChI is InChI=1S/C19H23N3O3S/c1-5-22-19(24)14(10-20-22)17(23)13-9-11(3)18-16(12(13)4)15(7-8-26-18)21-25-6-2/h9-10,20H,5-8H2,1-4H3. The van der Waals surface area contributed by atoms with Gasteiger partial charge in [-0.2, -0.15) is 0 Å². The predicted octanol–water partition coefficient (Wildman–Crippen LogP) is 3.28. The zero-order valence-corrected chi connectivity index (χ0v) is 16.3. The van der Waals surface area contributed by atoms with E-state index in [4.69, 9.17) is 4.84 Å². The van der Waals surface area contributed by atoms with Gasteiger partial charge in [0.2, 0.25) is 0 Å². The lowest BCUT2D eigenvalue weighted by Gasteiger charge is -2.23. The first-order valence-corrected chi connectivity index (χ1v) is 9.77. The topological polar surface area (TPSA) is 76.4 Å². The van der Waals surface area contributed by atoms with Gasteiger partial charge in [0.15, 0.2) is 5.78 Å². The van der Waals surface area contributed by atoms with E-state index in [1.54, 1.807) is 11.8 Å². The van der Waals surface area contributed by atoms with E-state index in [1.807, 2.05) is 33.8 Å². The molecule has 0 bridgehead atoms. The molecule has 1 aliphatic rings. The van der Waals surface area contributed by atoms with Crippen molar-refractivity contribution >= 4 is 23.3 Å². The maximum atomic E-state index is 13.1. The van der Waals surface area contributed by atoms with Crippen LogP contribution in [0, 0.1) is 13.8 Å². The Bertz CT molecular complexity index is 940. The van der Waals surface area contributed by atoms with Crippen LogP contribution in [-0.2, 0) is 11.4 Å². The fourth-order valence-electron chi connectivity index (χ4n) is 3.22. The summed E-state index contributed by atoms with van der Waals surface area (Å²) in [7, 11) is 0. The largest absolute Gasteiger partial charge is 0.396 e. The van der Waals surface area contributed by atoms with Crippen molar-refractivity contribution in [3.8, 4) is 0 Å². The van der Waals surface area contributed by atoms with Crippen LogP contribution in [0.2, 0.25) is 0 Å². The summed E-state index contributed by atoms with van der Waals surface area (Å²) in [5.41, 5.74) is 4.15. The number of aromatic amines is 1. The van der Waals surface area contributed by atoms with E-state index >= 15 is 0 Å². The summed E-state index contributed by atoms with van der Waals surface area (Å²) >= 11 is 1.77. The Balaban J connectivity index is 2.15. The molecular formula is C19H23N3O3S. The molecule has 0 aliphatic carbocycles. The molecule has 6 nitrogen and oxygen atoms in total. The second-order valence-corrected chi connectivity index (χ2v) is 7.30. The molecule has 0 saturated heterocycles. The van der Waals surface area contributed by atoms with Crippen LogP contribution in [0.25, 0.3) is 0 Å². The summed E-state index contributed by atoms with van der Waals surface area (Å²) in [6.45, 7) is 8.66. The molecule has 1 aliphatic heterocycles. The summed E-state index contributed by atoms with van der Waals surface area (Å²) in [4.78, 5) is 31.9. The molecule has 0 atom stereocenters. The molecule has 0 unspecified atom stereocenters. The first kappa shape index (κ1) is 18.5. The van der Waals surface area contributed by atoms with Gasteiger partial charge in [-0.05, 0) is 44.9 Å². The van der Waals surface area contributed by atoms with Crippen LogP contribution >= 0.6 is 11.8 Å². The summed E-state index contributed by atoms with van der Waals surface area (Å²) in [5, 5.41) is 7.12. The fraction of sp³-hybridized carbons (Fsp3) is 0.421. The Kier molecular flexibility index (Phi) is 5.36. The van der Waals surface area contributed by atoms with Gasteiger partial charge in [0.25, 0.3) is 5.56 Å². The quantitative estimate of drug-likeness (QED) is 0.645. The van der Waals surface area contributed by atoms with Crippen LogP contribution < -0.4 is 5.56 Å². The second kappa shape index (κ2) is 7.53. The van der Waals surface area contributed by atoms with Gasteiger partial charge in [-0.1, -0.05) is 5.16 Å². The van der Waals surface area contributed by atoms with Crippen LogP contribution in [0.5, 0.6) is 0 Å². The van der Waals surface area contributed by atoms with Gasteiger partial charge in [-0.25, -0.2) is 0 Å². The number of thioether (sulfide) groups is 1. The summed E-state index contributed by atoms with van der Waals surface area (Å²) in [6, 6.07) is 1.88. The Labute approximate surface area is 156 Å². The third-order valence-corrected chi connectivity index (χ3v) is 5.77. The van der Waals surface area contributed by atoms with E-state index in [9.17, 15) is 9.59 Å². The number of H-pyrrole nitrogens is 1. The first-order chi connectivity index (χ1) is 12.5. The highest BCUT2D eigenvalue weighted by molar-refractivity contribution is 7.99. The third kappa shape index (κ3) is 3.11. The summed E-state index contributed by atoms with van der Waals surface area (Å²) < 4.78 is 1.42.